The van der Waals surface area contributed by atoms with Crippen molar-refractivity contribution in [2.24, 2.45) is 0 Å². The summed E-state index contributed by atoms with van der Waals surface area (Å²) in [5, 5.41) is 8.89. The topological polar surface area (TPSA) is 47.9 Å². The number of hydrogen-bond donors (Lipinski definition) is 0. The second kappa shape index (κ2) is 4.70. The van der Waals surface area contributed by atoms with Crippen LogP contribution < -0.4 is 4.74 Å². The summed E-state index contributed by atoms with van der Waals surface area (Å²) in [4.78, 5) is 4.05. The Balaban J connectivity index is 2.05. The molecule has 0 fully saturated rings. The number of benzene rings is 1. The molecule has 4 nitrogen and oxygen atoms in total. The Morgan fingerprint density at radius 2 is 1.94 bits per heavy atom. The van der Waals surface area contributed by atoms with Crippen LogP contribution in [0.2, 0.25) is 0 Å². The largest absolute Gasteiger partial charge is 0.453 e. The monoisotopic (exact) mass is 301 g/mol. The predicted octanol–water partition coefficient (Wildman–Crippen LogP) is 3.58. The lowest BCUT2D eigenvalue weighted by molar-refractivity contribution is 0.482. The zero-order valence-electron chi connectivity index (χ0n) is 9.25. The maximum absolute atomic E-state index is 5.78. The van der Waals surface area contributed by atoms with Gasteiger partial charge in [-0.25, -0.2) is 0 Å². The van der Waals surface area contributed by atoms with Crippen molar-refractivity contribution in [2.45, 2.75) is 0 Å². The Kier molecular flexibility index (Phi) is 2.90. The van der Waals surface area contributed by atoms with E-state index in [0.717, 1.165) is 15.4 Å². The van der Waals surface area contributed by atoms with Crippen molar-refractivity contribution in [1.82, 2.24) is 15.2 Å². The quantitative estimate of drug-likeness (QED) is 0.726. The van der Waals surface area contributed by atoms with Crippen LogP contribution in [0.5, 0.6) is 11.5 Å². The van der Waals surface area contributed by atoms with E-state index < -0.39 is 0 Å². The highest BCUT2D eigenvalue weighted by molar-refractivity contribution is 9.10. The van der Waals surface area contributed by atoms with Crippen LogP contribution in [0, 0.1) is 0 Å². The summed E-state index contributed by atoms with van der Waals surface area (Å²) in [5.74, 6) is 1.32. The van der Waals surface area contributed by atoms with Gasteiger partial charge in [0.25, 0.3) is 0 Å². The number of ether oxygens (including phenoxy) is 1. The van der Waals surface area contributed by atoms with Crippen molar-refractivity contribution in [3.8, 4) is 11.5 Å². The molecule has 0 radical (unpaired) electrons. The van der Waals surface area contributed by atoms with Crippen molar-refractivity contribution in [3.05, 3.63) is 53.4 Å². The van der Waals surface area contributed by atoms with Gasteiger partial charge in [-0.2, -0.15) is 10.2 Å². The van der Waals surface area contributed by atoms with Gasteiger partial charge in [0.15, 0.2) is 5.75 Å². The van der Waals surface area contributed by atoms with E-state index in [1.165, 1.54) is 0 Å². The lowest BCUT2D eigenvalue weighted by atomic mass is 10.2. The van der Waals surface area contributed by atoms with Gasteiger partial charge < -0.3 is 4.74 Å². The van der Waals surface area contributed by atoms with E-state index in [-0.39, 0.29) is 0 Å². The summed E-state index contributed by atoms with van der Waals surface area (Å²) >= 11 is 3.35. The second-order valence-corrected chi connectivity index (χ2v) is 4.58. The average Bonchev–Trinajstić information content (AvgIpc) is 2.39. The van der Waals surface area contributed by atoms with E-state index in [0.29, 0.717) is 11.5 Å². The van der Waals surface area contributed by atoms with E-state index in [4.69, 9.17) is 4.74 Å². The van der Waals surface area contributed by atoms with Crippen LogP contribution in [0.4, 0.5) is 0 Å². The van der Waals surface area contributed by atoms with Crippen LogP contribution in [0.3, 0.4) is 0 Å². The van der Waals surface area contributed by atoms with Gasteiger partial charge in [0.2, 0.25) is 0 Å². The molecule has 0 saturated carbocycles. The predicted molar refractivity (Wildman–Crippen MR) is 71.5 cm³/mol. The zero-order chi connectivity index (χ0) is 12.4. The van der Waals surface area contributed by atoms with Crippen molar-refractivity contribution >= 4 is 26.8 Å². The fourth-order valence-corrected chi connectivity index (χ4v) is 1.98. The number of rotatable bonds is 2. The fraction of sp³-hybridized carbons (Fsp3) is 0. The molecule has 2 heterocycles. The number of nitrogens with zero attached hydrogens (tertiary/aromatic N) is 3. The summed E-state index contributed by atoms with van der Waals surface area (Å²) in [7, 11) is 0. The number of pyridine rings is 1. The maximum atomic E-state index is 5.78. The molecule has 0 aliphatic heterocycles. The normalized spacial score (nSPS) is 10.5. The Hall–Kier alpha value is -2.01. The molecule has 0 N–H and O–H groups in total. The molecule has 0 atom stereocenters. The van der Waals surface area contributed by atoms with Crippen molar-refractivity contribution < 1.29 is 4.74 Å². The molecular formula is C13H8BrN3O. The molecule has 0 spiro atoms. The molecule has 0 aliphatic carbocycles. The molecule has 3 aromatic rings. The third kappa shape index (κ3) is 2.17. The summed E-state index contributed by atoms with van der Waals surface area (Å²) < 4.78 is 6.64. The second-order valence-electron chi connectivity index (χ2n) is 3.67. The van der Waals surface area contributed by atoms with E-state index in [9.17, 15) is 0 Å². The van der Waals surface area contributed by atoms with Crippen LogP contribution in [0.1, 0.15) is 0 Å². The van der Waals surface area contributed by atoms with Crippen LogP contribution in [-0.4, -0.2) is 15.2 Å². The van der Waals surface area contributed by atoms with E-state index in [1.807, 2.05) is 30.3 Å². The molecule has 2 aromatic heterocycles. The summed E-state index contributed by atoms with van der Waals surface area (Å²) in [5.41, 5.74) is 0.804. The Morgan fingerprint density at radius 3 is 2.83 bits per heavy atom. The SMILES string of the molecule is Brc1cncc(Oc2cnnc3ccccc23)c1. The van der Waals surface area contributed by atoms with Gasteiger partial charge in [-0.15, -0.1) is 0 Å². The van der Waals surface area contributed by atoms with Gasteiger partial charge in [0.1, 0.15) is 5.75 Å². The van der Waals surface area contributed by atoms with E-state index in [1.54, 1.807) is 18.6 Å². The van der Waals surface area contributed by atoms with Crippen molar-refractivity contribution in [1.29, 1.82) is 0 Å². The molecule has 0 amide bonds. The molecule has 0 unspecified atom stereocenters. The molecule has 0 saturated heterocycles. The fourth-order valence-electron chi connectivity index (χ4n) is 1.64. The third-order valence-corrected chi connectivity index (χ3v) is 2.85. The van der Waals surface area contributed by atoms with Crippen LogP contribution in [0.15, 0.2) is 53.4 Å². The highest BCUT2D eigenvalue weighted by Gasteiger charge is 2.05. The summed E-state index contributed by atoms with van der Waals surface area (Å²) in [6.07, 6.45) is 4.96. The Bertz CT molecular complexity index is 697. The molecule has 3 rings (SSSR count). The highest BCUT2D eigenvalue weighted by Crippen LogP contribution is 2.28. The first-order valence-electron chi connectivity index (χ1n) is 5.32. The molecule has 88 valence electrons. The minimum absolute atomic E-state index is 0.655. The Morgan fingerprint density at radius 1 is 1.06 bits per heavy atom. The Labute approximate surface area is 112 Å². The van der Waals surface area contributed by atoms with Gasteiger partial charge in [-0.05, 0) is 34.1 Å². The van der Waals surface area contributed by atoms with Crippen LogP contribution >= 0.6 is 15.9 Å². The number of halogens is 1. The summed E-state index contributed by atoms with van der Waals surface area (Å²) in [6.45, 7) is 0. The average molecular weight is 302 g/mol. The smallest absolute Gasteiger partial charge is 0.157 e. The van der Waals surface area contributed by atoms with Gasteiger partial charge in [0, 0.05) is 16.1 Å². The molecule has 1 aromatic carbocycles. The van der Waals surface area contributed by atoms with Gasteiger partial charge in [-0.1, -0.05) is 12.1 Å². The minimum atomic E-state index is 0.655. The third-order valence-electron chi connectivity index (χ3n) is 2.42. The first kappa shape index (κ1) is 11.1. The zero-order valence-corrected chi connectivity index (χ0v) is 10.8. The molecule has 0 aliphatic rings. The first-order valence-corrected chi connectivity index (χ1v) is 6.11. The van der Waals surface area contributed by atoms with E-state index in [2.05, 4.69) is 31.1 Å². The van der Waals surface area contributed by atoms with Crippen molar-refractivity contribution in [2.75, 3.05) is 0 Å². The number of aromatic nitrogens is 3. The first-order chi connectivity index (χ1) is 8.83. The summed E-state index contributed by atoms with van der Waals surface area (Å²) in [6, 6.07) is 9.55. The number of fused-ring (bicyclic) bond motifs is 1. The highest BCUT2D eigenvalue weighted by atomic mass is 79.9. The van der Waals surface area contributed by atoms with Crippen LogP contribution in [-0.2, 0) is 0 Å². The minimum Gasteiger partial charge on any atom is -0.453 e. The standard InChI is InChI=1S/C13H8BrN3O/c14-9-5-10(7-15-6-9)18-13-8-16-17-12-4-2-1-3-11(12)13/h1-8H. The number of hydrogen-bond acceptors (Lipinski definition) is 4. The van der Waals surface area contributed by atoms with Gasteiger partial charge in [-0.3, -0.25) is 4.98 Å². The van der Waals surface area contributed by atoms with Gasteiger partial charge >= 0.3 is 0 Å². The van der Waals surface area contributed by atoms with Crippen molar-refractivity contribution in [3.63, 3.8) is 0 Å². The van der Waals surface area contributed by atoms with Crippen LogP contribution in [0.25, 0.3) is 10.9 Å². The molecule has 18 heavy (non-hydrogen) atoms. The maximum Gasteiger partial charge on any atom is 0.157 e. The molecular weight excluding hydrogens is 294 g/mol. The lowest BCUT2D eigenvalue weighted by Crippen LogP contribution is -1.90. The lowest BCUT2D eigenvalue weighted by Gasteiger charge is -2.07. The molecule has 0 bridgehead atoms. The molecule has 5 heteroatoms. The van der Waals surface area contributed by atoms with E-state index >= 15 is 0 Å². The van der Waals surface area contributed by atoms with Gasteiger partial charge in [0.05, 0.1) is 17.9 Å².